The Kier molecular flexibility index (Phi) is 5.93. The maximum absolute atomic E-state index is 12.4. The Hall–Kier alpha value is -1.64. The van der Waals surface area contributed by atoms with Gasteiger partial charge in [0.1, 0.15) is 0 Å². The van der Waals surface area contributed by atoms with E-state index in [4.69, 9.17) is 0 Å². The first-order chi connectivity index (χ1) is 9.31. The first kappa shape index (κ1) is 16.4. The molecule has 0 heterocycles. The lowest BCUT2D eigenvalue weighted by Gasteiger charge is -2.23. The van der Waals surface area contributed by atoms with E-state index in [0.29, 0.717) is 18.5 Å². The van der Waals surface area contributed by atoms with Crippen LogP contribution in [-0.2, 0) is 9.59 Å². The van der Waals surface area contributed by atoms with E-state index in [1.165, 1.54) is 4.90 Å². The van der Waals surface area contributed by atoms with Crippen LogP contribution in [0.4, 0.5) is 5.69 Å². The number of imide groups is 1. The molecule has 0 radical (unpaired) electrons. The first-order valence-electron chi connectivity index (χ1n) is 7.23. The van der Waals surface area contributed by atoms with Crippen LogP contribution in [0.25, 0.3) is 0 Å². The van der Waals surface area contributed by atoms with Crippen molar-refractivity contribution in [2.75, 3.05) is 4.90 Å². The number of anilines is 1. The predicted molar refractivity (Wildman–Crippen MR) is 82.6 cm³/mol. The highest BCUT2D eigenvalue weighted by atomic mass is 16.2. The Labute approximate surface area is 122 Å². The monoisotopic (exact) mass is 275 g/mol. The summed E-state index contributed by atoms with van der Waals surface area (Å²) in [6.07, 6.45) is 0.773. The Morgan fingerprint density at radius 2 is 1.50 bits per heavy atom. The summed E-state index contributed by atoms with van der Waals surface area (Å²) in [6.45, 7) is 9.90. The zero-order valence-electron chi connectivity index (χ0n) is 13.1. The number of rotatable bonds is 5. The van der Waals surface area contributed by atoms with Crippen molar-refractivity contribution in [2.24, 2.45) is 11.8 Å². The molecule has 0 atom stereocenters. The molecule has 0 bridgehead atoms. The second-order valence-corrected chi connectivity index (χ2v) is 6.16. The number of amides is 2. The van der Waals surface area contributed by atoms with E-state index in [1.807, 2.05) is 58.9 Å². The normalized spacial score (nSPS) is 10.9. The van der Waals surface area contributed by atoms with Crippen molar-refractivity contribution in [1.82, 2.24) is 0 Å². The quantitative estimate of drug-likeness (QED) is 0.816. The van der Waals surface area contributed by atoms with E-state index < -0.39 is 0 Å². The smallest absolute Gasteiger partial charge is 0.234 e. The van der Waals surface area contributed by atoms with Crippen LogP contribution in [0.15, 0.2) is 24.3 Å². The summed E-state index contributed by atoms with van der Waals surface area (Å²) in [5.41, 5.74) is 1.73. The van der Waals surface area contributed by atoms with Crippen molar-refractivity contribution in [3.8, 4) is 0 Å². The van der Waals surface area contributed by atoms with Crippen molar-refractivity contribution in [3.05, 3.63) is 29.8 Å². The van der Waals surface area contributed by atoms with E-state index in [1.54, 1.807) is 0 Å². The third-order valence-corrected chi connectivity index (χ3v) is 2.92. The molecule has 0 saturated heterocycles. The molecule has 0 saturated carbocycles. The molecule has 0 fully saturated rings. The van der Waals surface area contributed by atoms with Gasteiger partial charge in [0.25, 0.3) is 0 Å². The van der Waals surface area contributed by atoms with Crippen molar-refractivity contribution < 1.29 is 9.59 Å². The highest BCUT2D eigenvalue weighted by molar-refractivity contribution is 6.14. The summed E-state index contributed by atoms with van der Waals surface area (Å²) in [7, 11) is 0. The first-order valence-corrected chi connectivity index (χ1v) is 7.23. The molecule has 0 aliphatic carbocycles. The van der Waals surface area contributed by atoms with Crippen LogP contribution in [0.5, 0.6) is 0 Å². The molecule has 0 spiro atoms. The lowest BCUT2D eigenvalue weighted by Crippen LogP contribution is -2.38. The summed E-state index contributed by atoms with van der Waals surface area (Å²) in [6, 6.07) is 7.55. The van der Waals surface area contributed by atoms with Gasteiger partial charge in [0.05, 0.1) is 5.69 Å². The Morgan fingerprint density at radius 1 is 1.00 bits per heavy atom. The van der Waals surface area contributed by atoms with Crippen LogP contribution in [0, 0.1) is 18.8 Å². The molecule has 3 heteroatoms. The van der Waals surface area contributed by atoms with Gasteiger partial charge in [-0.3, -0.25) is 14.5 Å². The van der Waals surface area contributed by atoms with E-state index in [0.717, 1.165) is 5.56 Å². The lowest BCUT2D eigenvalue weighted by molar-refractivity contribution is -0.127. The third kappa shape index (κ3) is 4.80. The largest absolute Gasteiger partial charge is 0.274 e. The molecule has 2 amide bonds. The van der Waals surface area contributed by atoms with E-state index in [2.05, 4.69) is 0 Å². The van der Waals surface area contributed by atoms with Crippen molar-refractivity contribution in [2.45, 2.75) is 47.5 Å². The van der Waals surface area contributed by atoms with Crippen LogP contribution in [0.3, 0.4) is 0 Å². The highest BCUT2D eigenvalue weighted by Crippen LogP contribution is 2.20. The van der Waals surface area contributed by atoms with E-state index in [-0.39, 0.29) is 23.7 Å². The topological polar surface area (TPSA) is 37.4 Å². The van der Waals surface area contributed by atoms with Crippen molar-refractivity contribution in [3.63, 3.8) is 0 Å². The van der Waals surface area contributed by atoms with Gasteiger partial charge in [0, 0.05) is 12.8 Å². The minimum absolute atomic E-state index is 0.115. The molecule has 0 aromatic heterocycles. The van der Waals surface area contributed by atoms with E-state index in [9.17, 15) is 9.59 Å². The molecule has 0 aliphatic heterocycles. The van der Waals surface area contributed by atoms with Crippen LogP contribution >= 0.6 is 0 Å². The average molecular weight is 275 g/mol. The lowest BCUT2D eigenvalue weighted by atomic mass is 10.1. The Balaban J connectivity index is 3.07. The number of carbonyl (C=O) groups is 2. The SMILES string of the molecule is Cc1cccc(N(C(=O)CC(C)C)C(=O)CC(C)C)c1. The fourth-order valence-electron chi connectivity index (χ4n) is 2.08. The van der Waals surface area contributed by atoms with Crippen LogP contribution in [-0.4, -0.2) is 11.8 Å². The molecule has 1 aromatic carbocycles. The molecular formula is C17H25NO2. The summed E-state index contributed by atoms with van der Waals surface area (Å²) in [5, 5.41) is 0. The fraction of sp³-hybridized carbons (Fsp3) is 0.529. The van der Waals surface area contributed by atoms with Gasteiger partial charge in [0.15, 0.2) is 0 Å². The number of nitrogens with zero attached hydrogens (tertiary/aromatic N) is 1. The van der Waals surface area contributed by atoms with Gasteiger partial charge in [-0.25, -0.2) is 0 Å². The number of aryl methyl sites for hydroxylation is 1. The minimum Gasteiger partial charge on any atom is -0.274 e. The van der Waals surface area contributed by atoms with E-state index >= 15 is 0 Å². The highest BCUT2D eigenvalue weighted by Gasteiger charge is 2.24. The molecule has 0 aliphatic rings. The Morgan fingerprint density at radius 3 is 1.90 bits per heavy atom. The summed E-state index contributed by atoms with van der Waals surface area (Å²) < 4.78 is 0. The molecular weight excluding hydrogens is 250 g/mol. The molecule has 3 nitrogen and oxygen atoms in total. The van der Waals surface area contributed by atoms with Gasteiger partial charge in [0.2, 0.25) is 11.8 Å². The molecule has 1 rings (SSSR count). The van der Waals surface area contributed by atoms with Gasteiger partial charge in [-0.05, 0) is 36.5 Å². The second kappa shape index (κ2) is 7.22. The molecule has 0 N–H and O–H groups in total. The minimum atomic E-state index is -0.115. The third-order valence-electron chi connectivity index (χ3n) is 2.92. The number of hydrogen-bond donors (Lipinski definition) is 0. The zero-order valence-corrected chi connectivity index (χ0v) is 13.1. The summed E-state index contributed by atoms with van der Waals surface area (Å²) in [5.74, 6) is 0.246. The number of carbonyl (C=O) groups excluding carboxylic acids is 2. The molecule has 110 valence electrons. The molecule has 0 unspecified atom stereocenters. The van der Waals surface area contributed by atoms with Crippen molar-refractivity contribution in [1.29, 1.82) is 0 Å². The van der Waals surface area contributed by atoms with Gasteiger partial charge >= 0.3 is 0 Å². The van der Waals surface area contributed by atoms with Gasteiger partial charge in [-0.2, -0.15) is 0 Å². The predicted octanol–water partition coefficient (Wildman–Crippen LogP) is 3.95. The second-order valence-electron chi connectivity index (χ2n) is 6.16. The maximum atomic E-state index is 12.4. The van der Waals surface area contributed by atoms with Crippen molar-refractivity contribution >= 4 is 17.5 Å². The summed E-state index contributed by atoms with van der Waals surface area (Å²) in [4.78, 5) is 26.1. The van der Waals surface area contributed by atoms with Crippen LogP contribution < -0.4 is 4.90 Å². The zero-order chi connectivity index (χ0) is 15.3. The number of benzene rings is 1. The van der Waals surface area contributed by atoms with Crippen LogP contribution in [0.1, 0.15) is 46.1 Å². The van der Waals surface area contributed by atoms with Crippen LogP contribution in [0.2, 0.25) is 0 Å². The molecule has 1 aromatic rings. The fourth-order valence-corrected chi connectivity index (χ4v) is 2.08. The average Bonchev–Trinajstić information content (AvgIpc) is 2.26. The standard InChI is InChI=1S/C17H25NO2/c1-12(2)9-16(19)18(17(20)10-13(3)4)15-8-6-7-14(5)11-15/h6-8,11-13H,9-10H2,1-5H3. The summed E-state index contributed by atoms with van der Waals surface area (Å²) >= 11 is 0. The maximum Gasteiger partial charge on any atom is 0.234 e. The van der Waals surface area contributed by atoms with Gasteiger partial charge in [-0.15, -0.1) is 0 Å². The van der Waals surface area contributed by atoms with Gasteiger partial charge in [-0.1, -0.05) is 39.8 Å². The number of hydrogen-bond acceptors (Lipinski definition) is 2. The molecule has 20 heavy (non-hydrogen) atoms. The van der Waals surface area contributed by atoms with Gasteiger partial charge < -0.3 is 0 Å². The Bertz CT molecular complexity index is 456.